The smallest absolute Gasteiger partial charge is 0.356 e. The highest BCUT2D eigenvalue weighted by molar-refractivity contribution is 6.29. The molecule has 0 fully saturated rings. The van der Waals surface area contributed by atoms with Crippen molar-refractivity contribution >= 4 is 28.6 Å². The van der Waals surface area contributed by atoms with E-state index in [0.29, 0.717) is 0 Å². The van der Waals surface area contributed by atoms with Crippen LogP contribution >= 0.6 is 11.6 Å². The molecule has 0 saturated carbocycles. The summed E-state index contributed by atoms with van der Waals surface area (Å²) in [5, 5.41) is 24.4. The Morgan fingerprint density at radius 3 is 2.63 bits per heavy atom. The third-order valence-electron chi connectivity index (χ3n) is 5.74. The van der Waals surface area contributed by atoms with Gasteiger partial charge in [0.15, 0.2) is 16.6 Å². The summed E-state index contributed by atoms with van der Waals surface area (Å²) in [5.41, 5.74) is -3.26. The molecule has 0 bridgehead atoms. The second-order valence-electron chi connectivity index (χ2n) is 7.99. The Morgan fingerprint density at radius 1 is 1.20 bits per heavy atom. The minimum Gasteiger partial charge on any atom is -0.356 e. The number of aliphatic hydroxyl groups is 1. The lowest BCUT2D eigenvalue weighted by molar-refractivity contribution is -0.182. The fraction of sp³-hybridized carbons (Fsp3) is 0.316. The highest BCUT2D eigenvalue weighted by Crippen LogP contribution is 2.50. The van der Waals surface area contributed by atoms with E-state index in [9.17, 15) is 27.1 Å². The van der Waals surface area contributed by atoms with Gasteiger partial charge in [-0.1, -0.05) is 16.8 Å². The van der Waals surface area contributed by atoms with Gasteiger partial charge in [-0.3, -0.25) is 0 Å². The fourth-order valence-electron chi connectivity index (χ4n) is 4.02. The highest BCUT2D eigenvalue weighted by atomic mass is 35.5. The average molecular weight is 516 g/mol. The topological polar surface area (TPSA) is 109 Å². The van der Waals surface area contributed by atoms with Crippen LogP contribution in [0.3, 0.4) is 0 Å². The summed E-state index contributed by atoms with van der Waals surface area (Å²) in [6.45, 7) is 0.265. The van der Waals surface area contributed by atoms with Crippen molar-refractivity contribution in [3.8, 4) is 5.82 Å². The molecule has 10 nitrogen and oxygen atoms in total. The van der Waals surface area contributed by atoms with E-state index in [1.807, 2.05) is 0 Å². The van der Waals surface area contributed by atoms with Gasteiger partial charge in [-0.15, -0.1) is 5.10 Å². The molecule has 0 saturated heterocycles. The van der Waals surface area contributed by atoms with E-state index in [0.717, 1.165) is 33.3 Å². The SMILES string of the molecule is C[C@@]1(C(F)(F)F)CN(C(O)Nc2cnc(-n3ccnn3)c(C(F)F)c2)c2cnc3cc(Cl)nn3c21. The Bertz CT molecular complexity index is 1390. The van der Waals surface area contributed by atoms with Gasteiger partial charge in [-0.25, -0.2) is 27.9 Å². The Morgan fingerprint density at radius 2 is 1.97 bits per heavy atom. The number of hydrogen-bond acceptors (Lipinski definition) is 8. The first-order valence-electron chi connectivity index (χ1n) is 9.97. The number of fused-ring (bicyclic) bond motifs is 3. The first-order valence-corrected chi connectivity index (χ1v) is 10.3. The van der Waals surface area contributed by atoms with Crippen LogP contribution < -0.4 is 10.2 Å². The Labute approximate surface area is 198 Å². The maximum atomic E-state index is 14.2. The van der Waals surface area contributed by atoms with Crippen molar-refractivity contribution in [3.63, 3.8) is 0 Å². The minimum absolute atomic E-state index is 0.0503. The van der Waals surface area contributed by atoms with Crippen LogP contribution in [0.2, 0.25) is 5.15 Å². The molecule has 0 amide bonds. The molecular formula is C19H15ClF5N9O. The van der Waals surface area contributed by atoms with Crippen LogP contribution in [-0.4, -0.2) is 58.8 Å². The molecule has 16 heteroatoms. The van der Waals surface area contributed by atoms with Crippen molar-refractivity contribution in [2.75, 3.05) is 16.8 Å². The number of anilines is 2. The van der Waals surface area contributed by atoms with Gasteiger partial charge >= 0.3 is 6.18 Å². The molecule has 5 rings (SSSR count). The van der Waals surface area contributed by atoms with Crippen molar-refractivity contribution in [2.24, 2.45) is 0 Å². The molecule has 0 aliphatic carbocycles. The molecule has 0 radical (unpaired) electrons. The Hall–Kier alpha value is -3.59. The predicted molar refractivity (Wildman–Crippen MR) is 112 cm³/mol. The summed E-state index contributed by atoms with van der Waals surface area (Å²) in [5.74, 6) is -0.184. The number of aliphatic hydroxyl groups excluding tert-OH is 1. The van der Waals surface area contributed by atoms with Crippen LogP contribution in [0.25, 0.3) is 11.5 Å². The number of halogens is 6. The van der Waals surface area contributed by atoms with Crippen molar-refractivity contribution in [3.05, 3.63) is 53.3 Å². The van der Waals surface area contributed by atoms with Crippen LogP contribution in [0, 0.1) is 0 Å². The molecule has 2 atom stereocenters. The van der Waals surface area contributed by atoms with Gasteiger partial charge in [0.05, 0.1) is 47.4 Å². The molecule has 0 aromatic carbocycles. The third kappa shape index (κ3) is 3.70. The Kier molecular flexibility index (Phi) is 5.28. The average Bonchev–Trinajstić information content (AvgIpc) is 3.50. The van der Waals surface area contributed by atoms with Gasteiger partial charge in [-0.2, -0.15) is 18.3 Å². The number of alkyl halides is 5. The van der Waals surface area contributed by atoms with E-state index in [-0.39, 0.29) is 33.7 Å². The van der Waals surface area contributed by atoms with Crippen molar-refractivity contribution < 1.29 is 27.1 Å². The predicted octanol–water partition coefficient (Wildman–Crippen LogP) is 3.32. The number of pyridine rings is 1. The first-order chi connectivity index (χ1) is 16.5. The summed E-state index contributed by atoms with van der Waals surface area (Å²) in [4.78, 5) is 9.04. The zero-order valence-corrected chi connectivity index (χ0v) is 18.4. The zero-order chi connectivity index (χ0) is 25.1. The van der Waals surface area contributed by atoms with Crippen LogP contribution in [0.5, 0.6) is 0 Å². The van der Waals surface area contributed by atoms with E-state index >= 15 is 0 Å². The lowest BCUT2D eigenvalue weighted by Crippen LogP contribution is -2.48. The summed E-state index contributed by atoms with van der Waals surface area (Å²) in [6, 6.07) is 2.33. The molecule has 1 unspecified atom stereocenters. The standard InChI is InChI=1S/C19H15ClF5N9O/c1-18(19(23,24)25)8-32(11-7-26-13-5-12(20)30-34(13)14(11)18)17(35)29-9-4-10(15(21)22)16(27-6-9)33-3-2-28-31-33/h2-7,15,17,29,35H,8H2,1H3/t17?,18-/m1/s1. The lowest BCUT2D eigenvalue weighted by Gasteiger charge is -2.31. The lowest BCUT2D eigenvalue weighted by atomic mass is 9.87. The normalized spacial score (nSPS) is 18.9. The fourth-order valence-corrected chi connectivity index (χ4v) is 4.19. The van der Waals surface area contributed by atoms with Crippen LogP contribution in [0.4, 0.5) is 33.3 Å². The molecule has 4 aromatic heterocycles. The molecule has 1 aliphatic heterocycles. The maximum Gasteiger partial charge on any atom is 0.401 e. The second-order valence-corrected chi connectivity index (χ2v) is 8.38. The largest absolute Gasteiger partial charge is 0.401 e. The second kappa shape index (κ2) is 7.98. The quantitative estimate of drug-likeness (QED) is 0.308. The summed E-state index contributed by atoms with van der Waals surface area (Å²) >= 11 is 5.88. The van der Waals surface area contributed by atoms with E-state index in [4.69, 9.17) is 11.6 Å². The molecule has 2 N–H and O–H groups in total. The van der Waals surface area contributed by atoms with Crippen LogP contribution in [0.1, 0.15) is 24.6 Å². The van der Waals surface area contributed by atoms with Gasteiger partial charge in [-0.05, 0) is 13.0 Å². The molecule has 0 spiro atoms. The number of rotatable bonds is 5. The number of nitrogens with zero attached hydrogens (tertiary/aromatic N) is 8. The molecular weight excluding hydrogens is 501 g/mol. The van der Waals surface area contributed by atoms with E-state index in [2.05, 4.69) is 30.7 Å². The van der Waals surface area contributed by atoms with Crippen LogP contribution in [0.15, 0.2) is 36.9 Å². The minimum atomic E-state index is -4.73. The number of nitrogens with one attached hydrogen (secondary N) is 1. The molecule has 5 heterocycles. The Balaban J connectivity index is 1.52. The molecule has 1 aliphatic rings. The van der Waals surface area contributed by atoms with Gasteiger partial charge in [0.25, 0.3) is 6.43 Å². The van der Waals surface area contributed by atoms with Gasteiger partial charge in [0.2, 0.25) is 6.35 Å². The number of hydrogen-bond donors (Lipinski definition) is 2. The van der Waals surface area contributed by atoms with E-state index < -0.39 is 36.5 Å². The first kappa shape index (κ1) is 23.2. The van der Waals surface area contributed by atoms with Gasteiger partial charge < -0.3 is 15.3 Å². The monoisotopic (exact) mass is 515 g/mol. The number of aromatic nitrogens is 7. The van der Waals surface area contributed by atoms with E-state index in [1.165, 1.54) is 24.7 Å². The summed E-state index contributed by atoms with van der Waals surface area (Å²) in [7, 11) is 0. The zero-order valence-electron chi connectivity index (χ0n) is 17.6. The molecule has 4 aromatic rings. The highest BCUT2D eigenvalue weighted by Gasteiger charge is 2.60. The van der Waals surface area contributed by atoms with Crippen molar-refractivity contribution in [1.82, 2.24) is 34.6 Å². The van der Waals surface area contributed by atoms with Crippen molar-refractivity contribution in [2.45, 2.75) is 31.3 Å². The van der Waals surface area contributed by atoms with Crippen LogP contribution in [-0.2, 0) is 5.41 Å². The van der Waals surface area contributed by atoms with Gasteiger partial charge in [0, 0.05) is 12.6 Å². The third-order valence-corrected chi connectivity index (χ3v) is 5.92. The van der Waals surface area contributed by atoms with E-state index in [1.54, 1.807) is 0 Å². The van der Waals surface area contributed by atoms with Gasteiger partial charge in [0.1, 0.15) is 5.41 Å². The molecule has 184 valence electrons. The maximum absolute atomic E-state index is 14.2. The summed E-state index contributed by atoms with van der Waals surface area (Å²) in [6.07, 6.45) is -4.52. The molecule has 35 heavy (non-hydrogen) atoms. The summed E-state index contributed by atoms with van der Waals surface area (Å²) < 4.78 is 72.0. The van der Waals surface area contributed by atoms with Crippen molar-refractivity contribution in [1.29, 1.82) is 0 Å².